The zero-order valence-electron chi connectivity index (χ0n) is 11.9. The smallest absolute Gasteiger partial charge is 0.223 e. The highest BCUT2D eigenvalue weighted by Crippen LogP contribution is 2.21. The third-order valence-electron chi connectivity index (χ3n) is 3.77. The Labute approximate surface area is 110 Å². The minimum absolute atomic E-state index is 0.0908. The molecule has 0 aromatic heterocycles. The van der Waals surface area contributed by atoms with E-state index in [1.165, 1.54) is 0 Å². The summed E-state index contributed by atoms with van der Waals surface area (Å²) in [5, 5.41) is 0. The molecule has 0 radical (unpaired) electrons. The van der Waals surface area contributed by atoms with Gasteiger partial charge in [-0.3, -0.25) is 9.69 Å². The Morgan fingerprint density at radius 1 is 1.22 bits per heavy atom. The molecule has 1 unspecified atom stereocenters. The number of nitrogens with zero attached hydrogens (tertiary/aromatic N) is 2. The number of carbonyl (C=O) groups is 1. The van der Waals surface area contributed by atoms with Gasteiger partial charge < -0.3 is 9.64 Å². The Morgan fingerprint density at radius 3 is 2.39 bits per heavy atom. The van der Waals surface area contributed by atoms with Crippen molar-refractivity contribution < 1.29 is 9.53 Å². The zero-order valence-corrected chi connectivity index (χ0v) is 11.9. The van der Waals surface area contributed by atoms with E-state index in [1.807, 2.05) is 4.90 Å². The van der Waals surface area contributed by atoms with Crippen LogP contribution in [0.2, 0.25) is 0 Å². The van der Waals surface area contributed by atoms with Crippen LogP contribution in [0, 0.1) is 5.41 Å². The summed E-state index contributed by atoms with van der Waals surface area (Å²) in [6, 6.07) is 0.588. The van der Waals surface area contributed by atoms with E-state index in [9.17, 15) is 4.79 Å². The van der Waals surface area contributed by atoms with Gasteiger partial charge in [-0.15, -0.1) is 0 Å². The second-order valence-electron chi connectivity index (χ2n) is 6.67. The van der Waals surface area contributed by atoms with Crippen molar-refractivity contribution >= 4 is 5.91 Å². The van der Waals surface area contributed by atoms with Gasteiger partial charge in [0.2, 0.25) is 5.91 Å². The lowest BCUT2D eigenvalue weighted by Gasteiger charge is -2.38. The van der Waals surface area contributed by atoms with Crippen molar-refractivity contribution in [1.82, 2.24) is 9.80 Å². The number of carbonyl (C=O) groups excluding carboxylic acids is 1. The number of piperazine rings is 1. The number of amides is 1. The van der Waals surface area contributed by atoms with Crippen LogP contribution in [0.25, 0.3) is 0 Å². The van der Waals surface area contributed by atoms with Crippen LogP contribution in [0.1, 0.15) is 33.6 Å². The first-order valence-electron chi connectivity index (χ1n) is 7.05. The van der Waals surface area contributed by atoms with Crippen molar-refractivity contribution in [3.63, 3.8) is 0 Å². The minimum Gasteiger partial charge on any atom is -0.380 e. The summed E-state index contributed by atoms with van der Waals surface area (Å²) in [5.74, 6) is 0.310. The van der Waals surface area contributed by atoms with Crippen molar-refractivity contribution in [2.24, 2.45) is 5.41 Å². The molecule has 2 aliphatic rings. The van der Waals surface area contributed by atoms with E-state index in [2.05, 4.69) is 25.7 Å². The summed E-state index contributed by atoms with van der Waals surface area (Å²) in [5.41, 5.74) is 0.0908. The van der Waals surface area contributed by atoms with E-state index in [-0.39, 0.29) is 5.41 Å². The molecule has 2 heterocycles. The van der Waals surface area contributed by atoms with Gasteiger partial charge in [-0.2, -0.15) is 0 Å². The van der Waals surface area contributed by atoms with Crippen molar-refractivity contribution in [3.05, 3.63) is 0 Å². The Morgan fingerprint density at radius 2 is 1.89 bits per heavy atom. The van der Waals surface area contributed by atoms with Gasteiger partial charge >= 0.3 is 0 Å². The lowest BCUT2D eigenvalue weighted by atomic mass is 9.91. The first-order chi connectivity index (χ1) is 8.46. The average Bonchev–Trinajstić information content (AvgIpc) is 2.80. The Balaban J connectivity index is 1.77. The summed E-state index contributed by atoms with van der Waals surface area (Å²) in [6.07, 6.45) is 1.80. The molecule has 104 valence electrons. The molecule has 0 spiro atoms. The van der Waals surface area contributed by atoms with Crippen molar-refractivity contribution in [1.29, 1.82) is 0 Å². The third kappa shape index (κ3) is 3.69. The monoisotopic (exact) mass is 254 g/mol. The molecule has 4 nitrogen and oxygen atoms in total. The van der Waals surface area contributed by atoms with Gasteiger partial charge in [0.25, 0.3) is 0 Å². The van der Waals surface area contributed by atoms with Crippen molar-refractivity contribution in [3.8, 4) is 0 Å². The van der Waals surface area contributed by atoms with Crippen LogP contribution < -0.4 is 0 Å². The molecule has 4 heteroatoms. The van der Waals surface area contributed by atoms with Crippen molar-refractivity contribution in [2.75, 3.05) is 39.4 Å². The molecule has 2 saturated heterocycles. The minimum atomic E-state index is 0.0908. The van der Waals surface area contributed by atoms with Crippen LogP contribution in [-0.4, -0.2) is 61.1 Å². The van der Waals surface area contributed by atoms with Gasteiger partial charge in [-0.1, -0.05) is 20.8 Å². The fraction of sp³-hybridized carbons (Fsp3) is 0.929. The van der Waals surface area contributed by atoms with E-state index >= 15 is 0 Å². The van der Waals surface area contributed by atoms with Crippen LogP contribution >= 0.6 is 0 Å². The van der Waals surface area contributed by atoms with E-state index in [1.54, 1.807) is 0 Å². The molecule has 0 aromatic carbocycles. The number of rotatable bonds is 2. The van der Waals surface area contributed by atoms with Gasteiger partial charge in [-0.05, 0) is 11.8 Å². The lowest BCUT2D eigenvalue weighted by molar-refractivity contribution is -0.135. The molecule has 0 bridgehead atoms. The molecule has 2 rings (SSSR count). The maximum absolute atomic E-state index is 12.1. The van der Waals surface area contributed by atoms with Gasteiger partial charge in [0.15, 0.2) is 0 Å². The Bertz CT molecular complexity index is 285. The number of hydrogen-bond donors (Lipinski definition) is 0. The summed E-state index contributed by atoms with van der Waals surface area (Å²) in [7, 11) is 0. The summed E-state index contributed by atoms with van der Waals surface area (Å²) in [4.78, 5) is 16.6. The Hall–Kier alpha value is -0.610. The zero-order chi connectivity index (χ0) is 13.2. The maximum Gasteiger partial charge on any atom is 0.223 e. The SMILES string of the molecule is CC(C)(C)CC(=O)N1CCN(C2CCOC2)CC1. The molecule has 0 saturated carbocycles. The second kappa shape index (κ2) is 5.57. The summed E-state index contributed by atoms with van der Waals surface area (Å²) >= 11 is 0. The van der Waals surface area contributed by atoms with E-state index in [4.69, 9.17) is 4.74 Å². The molecule has 1 amide bonds. The summed E-state index contributed by atoms with van der Waals surface area (Å²) < 4.78 is 5.43. The highest BCUT2D eigenvalue weighted by atomic mass is 16.5. The van der Waals surface area contributed by atoms with E-state index in [0.29, 0.717) is 18.4 Å². The highest BCUT2D eigenvalue weighted by Gasteiger charge is 2.29. The summed E-state index contributed by atoms with van der Waals surface area (Å²) in [6.45, 7) is 11.9. The quantitative estimate of drug-likeness (QED) is 0.746. The van der Waals surface area contributed by atoms with Gasteiger partial charge in [0, 0.05) is 45.2 Å². The standard InChI is InChI=1S/C14H26N2O2/c1-14(2,3)10-13(17)16-7-5-15(6-8-16)12-4-9-18-11-12/h12H,4-11H2,1-3H3. The van der Waals surface area contributed by atoms with Crippen LogP contribution in [-0.2, 0) is 9.53 Å². The predicted octanol–water partition coefficient (Wildman–Crippen LogP) is 1.36. The Kier molecular flexibility index (Phi) is 4.28. The molecular formula is C14H26N2O2. The van der Waals surface area contributed by atoms with Gasteiger partial charge in [0.05, 0.1) is 6.61 Å². The fourth-order valence-electron chi connectivity index (χ4n) is 2.71. The van der Waals surface area contributed by atoms with Crippen LogP contribution in [0.3, 0.4) is 0 Å². The van der Waals surface area contributed by atoms with Crippen LogP contribution in [0.15, 0.2) is 0 Å². The van der Waals surface area contributed by atoms with Gasteiger partial charge in [0.1, 0.15) is 0 Å². The van der Waals surface area contributed by atoms with E-state index < -0.39 is 0 Å². The van der Waals surface area contributed by atoms with Crippen LogP contribution in [0.5, 0.6) is 0 Å². The second-order valence-corrected chi connectivity index (χ2v) is 6.67. The average molecular weight is 254 g/mol. The molecule has 1 atom stereocenters. The molecule has 18 heavy (non-hydrogen) atoms. The lowest BCUT2D eigenvalue weighted by Crippen LogP contribution is -2.52. The highest BCUT2D eigenvalue weighted by molar-refractivity contribution is 5.76. The van der Waals surface area contributed by atoms with Crippen LogP contribution in [0.4, 0.5) is 0 Å². The van der Waals surface area contributed by atoms with Crippen molar-refractivity contribution in [2.45, 2.75) is 39.7 Å². The first-order valence-corrected chi connectivity index (χ1v) is 7.05. The number of hydrogen-bond acceptors (Lipinski definition) is 3. The topological polar surface area (TPSA) is 32.8 Å². The van der Waals surface area contributed by atoms with Gasteiger partial charge in [-0.25, -0.2) is 0 Å². The molecule has 2 fully saturated rings. The normalized spacial score (nSPS) is 26.6. The first kappa shape index (κ1) is 13.8. The molecule has 0 aromatic rings. The molecule has 2 aliphatic heterocycles. The molecule has 0 aliphatic carbocycles. The molecule has 0 N–H and O–H groups in total. The number of ether oxygens (including phenoxy) is 1. The maximum atomic E-state index is 12.1. The third-order valence-corrected chi connectivity index (χ3v) is 3.77. The molecular weight excluding hydrogens is 228 g/mol. The largest absolute Gasteiger partial charge is 0.380 e. The fourth-order valence-corrected chi connectivity index (χ4v) is 2.71. The van der Waals surface area contributed by atoms with E-state index in [0.717, 1.165) is 45.8 Å². The predicted molar refractivity (Wildman–Crippen MR) is 71.4 cm³/mol.